The normalized spacial score (nSPS) is 11.9. The fourth-order valence-corrected chi connectivity index (χ4v) is 2.99. The molecule has 7 nitrogen and oxygen atoms in total. The maximum atomic E-state index is 12.7. The number of nitrogens with zero attached hydrogens (tertiary/aromatic N) is 2. The molecule has 28 heavy (non-hydrogen) atoms. The third kappa shape index (κ3) is 6.41. The number of sulfone groups is 1. The Bertz CT molecular complexity index is 939. The van der Waals surface area contributed by atoms with Crippen molar-refractivity contribution >= 4 is 33.1 Å². The Labute approximate surface area is 164 Å². The SMILES string of the molecule is COc1cc(OCCCS(C)(=O)=O)ccc1Nc1ncc(C(F)(F)F)c(Cl)n1. The molecule has 0 spiro atoms. The predicted octanol–water partition coefficient (Wildman–Crippen LogP) is 3.71. The van der Waals surface area contributed by atoms with Crippen LogP contribution < -0.4 is 14.8 Å². The first-order valence-corrected chi connectivity index (χ1v) is 10.3. The second kappa shape index (κ2) is 8.82. The average molecular weight is 440 g/mol. The third-order valence-corrected chi connectivity index (χ3v) is 4.71. The number of anilines is 2. The molecule has 0 amide bonds. The Kier molecular flexibility index (Phi) is 6.94. The summed E-state index contributed by atoms with van der Waals surface area (Å²) in [6.07, 6.45) is -2.59. The molecule has 0 saturated heterocycles. The molecule has 1 aromatic heterocycles. The molecule has 154 valence electrons. The number of ether oxygens (including phenoxy) is 2. The smallest absolute Gasteiger partial charge is 0.420 e. The lowest BCUT2D eigenvalue weighted by Gasteiger charge is -2.13. The first-order chi connectivity index (χ1) is 13.0. The van der Waals surface area contributed by atoms with E-state index in [9.17, 15) is 21.6 Å². The van der Waals surface area contributed by atoms with Crippen LogP contribution in [0.3, 0.4) is 0 Å². The van der Waals surface area contributed by atoms with Gasteiger partial charge in [-0.05, 0) is 18.6 Å². The van der Waals surface area contributed by atoms with Gasteiger partial charge in [0.15, 0.2) is 0 Å². The van der Waals surface area contributed by atoms with Crippen LogP contribution in [0.5, 0.6) is 11.5 Å². The largest absolute Gasteiger partial charge is 0.494 e. The maximum absolute atomic E-state index is 12.7. The fourth-order valence-electron chi connectivity index (χ4n) is 2.11. The van der Waals surface area contributed by atoms with Crippen molar-refractivity contribution in [3.8, 4) is 11.5 Å². The standard InChI is InChI=1S/C16H17ClF3N3O4S/c1-26-13-8-10(27-6-3-7-28(2,24)25)4-5-12(13)22-15-21-9-11(14(17)23-15)16(18,19)20/h4-5,8-9H,3,6-7H2,1-2H3,(H,21,22,23). The van der Waals surface area contributed by atoms with Gasteiger partial charge >= 0.3 is 6.18 Å². The molecule has 1 N–H and O–H groups in total. The van der Waals surface area contributed by atoms with Crippen LogP contribution in [-0.2, 0) is 16.0 Å². The molecule has 0 atom stereocenters. The van der Waals surface area contributed by atoms with Crippen molar-refractivity contribution in [2.45, 2.75) is 12.6 Å². The minimum Gasteiger partial charge on any atom is -0.494 e. The molecule has 12 heteroatoms. The first-order valence-electron chi connectivity index (χ1n) is 7.85. The average Bonchev–Trinajstić information content (AvgIpc) is 2.58. The van der Waals surface area contributed by atoms with Gasteiger partial charge in [-0.2, -0.15) is 13.2 Å². The Morgan fingerprint density at radius 1 is 1.29 bits per heavy atom. The highest BCUT2D eigenvalue weighted by atomic mass is 35.5. The number of halogens is 4. The summed E-state index contributed by atoms with van der Waals surface area (Å²) in [5, 5.41) is 2.00. The van der Waals surface area contributed by atoms with Gasteiger partial charge in [0.2, 0.25) is 5.95 Å². The summed E-state index contributed by atoms with van der Waals surface area (Å²) < 4.78 is 71.0. The van der Waals surface area contributed by atoms with Crippen LogP contribution in [0.1, 0.15) is 12.0 Å². The van der Waals surface area contributed by atoms with Gasteiger partial charge in [-0.3, -0.25) is 0 Å². The Hall–Kier alpha value is -2.27. The highest BCUT2D eigenvalue weighted by molar-refractivity contribution is 7.90. The summed E-state index contributed by atoms with van der Waals surface area (Å²) in [5.41, 5.74) is -0.758. The topological polar surface area (TPSA) is 90.4 Å². The lowest BCUT2D eigenvalue weighted by molar-refractivity contribution is -0.137. The van der Waals surface area contributed by atoms with Gasteiger partial charge in [0.25, 0.3) is 0 Å². The number of benzene rings is 1. The molecular formula is C16H17ClF3N3O4S. The second-order valence-corrected chi connectivity index (χ2v) is 8.33. The maximum Gasteiger partial charge on any atom is 0.420 e. The lowest BCUT2D eigenvalue weighted by atomic mass is 10.2. The van der Waals surface area contributed by atoms with Gasteiger partial charge in [-0.15, -0.1) is 0 Å². The second-order valence-electron chi connectivity index (χ2n) is 5.71. The molecule has 0 aliphatic heterocycles. The summed E-state index contributed by atoms with van der Waals surface area (Å²) in [4.78, 5) is 7.21. The van der Waals surface area contributed by atoms with Crippen LogP contribution in [0.25, 0.3) is 0 Å². The predicted molar refractivity (Wildman–Crippen MR) is 98.1 cm³/mol. The number of aromatic nitrogens is 2. The summed E-state index contributed by atoms with van der Waals surface area (Å²) in [5.74, 6) is 0.621. The van der Waals surface area contributed by atoms with Crippen molar-refractivity contribution in [1.29, 1.82) is 0 Å². The van der Waals surface area contributed by atoms with Crippen LogP contribution in [0.15, 0.2) is 24.4 Å². The fraction of sp³-hybridized carbons (Fsp3) is 0.375. The molecular weight excluding hydrogens is 423 g/mol. The molecule has 0 fully saturated rings. The van der Waals surface area contributed by atoms with E-state index in [-0.39, 0.29) is 18.3 Å². The van der Waals surface area contributed by atoms with Crippen LogP contribution >= 0.6 is 11.6 Å². The Morgan fingerprint density at radius 2 is 2.00 bits per heavy atom. The van der Waals surface area contributed by atoms with E-state index in [1.165, 1.54) is 13.2 Å². The molecule has 0 aliphatic carbocycles. The highest BCUT2D eigenvalue weighted by Gasteiger charge is 2.34. The van der Waals surface area contributed by atoms with E-state index in [1.54, 1.807) is 12.1 Å². The van der Waals surface area contributed by atoms with Crippen molar-refractivity contribution in [1.82, 2.24) is 9.97 Å². The van der Waals surface area contributed by atoms with Gasteiger partial charge < -0.3 is 14.8 Å². The van der Waals surface area contributed by atoms with E-state index >= 15 is 0 Å². The van der Waals surface area contributed by atoms with Crippen molar-refractivity contribution in [3.05, 3.63) is 35.1 Å². The number of methoxy groups -OCH3 is 1. The Balaban J connectivity index is 2.09. The van der Waals surface area contributed by atoms with Crippen LogP contribution in [0, 0.1) is 0 Å². The monoisotopic (exact) mass is 439 g/mol. The van der Waals surface area contributed by atoms with Crippen molar-refractivity contribution in [2.24, 2.45) is 0 Å². The molecule has 0 aliphatic rings. The van der Waals surface area contributed by atoms with E-state index < -0.39 is 26.7 Å². The summed E-state index contributed by atoms with van der Waals surface area (Å²) in [7, 11) is -1.66. The first kappa shape index (κ1) is 22.0. The van der Waals surface area contributed by atoms with Gasteiger partial charge in [0, 0.05) is 18.5 Å². The zero-order valence-electron chi connectivity index (χ0n) is 14.9. The molecule has 2 aromatic rings. The molecule has 0 saturated carbocycles. The van der Waals surface area contributed by atoms with Gasteiger partial charge in [0.1, 0.15) is 32.1 Å². The van der Waals surface area contributed by atoms with Crippen LogP contribution in [0.4, 0.5) is 24.8 Å². The molecule has 2 rings (SSSR count). The van der Waals surface area contributed by atoms with Gasteiger partial charge in [0.05, 0.1) is 25.2 Å². The zero-order valence-corrected chi connectivity index (χ0v) is 16.5. The highest BCUT2D eigenvalue weighted by Crippen LogP contribution is 2.35. The molecule has 0 radical (unpaired) electrons. The van der Waals surface area contributed by atoms with Crippen LogP contribution in [-0.4, -0.2) is 44.1 Å². The number of hydrogen-bond donors (Lipinski definition) is 1. The van der Waals surface area contributed by atoms with E-state index in [4.69, 9.17) is 21.1 Å². The van der Waals surface area contributed by atoms with E-state index in [0.717, 1.165) is 6.26 Å². The van der Waals surface area contributed by atoms with Crippen LogP contribution in [0.2, 0.25) is 5.15 Å². The van der Waals surface area contributed by atoms with Gasteiger partial charge in [-0.25, -0.2) is 18.4 Å². The molecule has 1 aromatic carbocycles. The number of nitrogens with one attached hydrogen (secondary N) is 1. The Morgan fingerprint density at radius 3 is 2.57 bits per heavy atom. The van der Waals surface area contributed by atoms with Gasteiger partial charge in [-0.1, -0.05) is 11.6 Å². The van der Waals surface area contributed by atoms with Crippen molar-refractivity contribution in [3.63, 3.8) is 0 Å². The summed E-state index contributed by atoms with van der Waals surface area (Å²) in [6.45, 7) is 0.195. The van der Waals surface area contributed by atoms with E-state index in [1.807, 2.05) is 0 Å². The quantitative estimate of drug-likeness (QED) is 0.495. The number of rotatable bonds is 8. The minimum absolute atomic E-state index is 0.00972. The molecule has 1 heterocycles. The molecule has 0 unspecified atom stereocenters. The van der Waals surface area contributed by atoms with Crippen molar-refractivity contribution < 1.29 is 31.1 Å². The minimum atomic E-state index is -4.65. The number of hydrogen-bond acceptors (Lipinski definition) is 7. The van der Waals surface area contributed by atoms with E-state index in [0.29, 0.717) is 29.8 Å². The molecule has 0 bridgehead atoms. The summed E-state index contributed by atoms with van der Waals surface area (Å²) in [6, 6.07) is 4.67. The van der Waals surface area contributed by atoms with E-state index in [2.05, 4.69) is 15.3 Å². The summed E-state index contributed by atoms with van der Waals surface area (Å²) >= 11 is 5.58. The van der Waals surface area contributed by atoms with Crippen molar-refractivity contribution in [2.75, 3.05) is 31.0 Å². The zero-order chi connectivity index (χ0) is 20.9. The lowest BCUT2D eigenvalue weighted by Crippen LogP contribution is -2.09. The third-order valence-electron chi connectivity index (χ3n) is 3.40. The number of alkyl halides is 3.